The monoisotopic (exact) mass is 348 g/mol. The predicted molar refractivity (Wildman–Crippen MR) is 108 cm³/mol. The van der Waals surface area contributed by atoms with Gasteiger partial charge in [0.05, 0.1) is 0 Å². The number of aliphatic hydroxyl groups excluding tert-OH is 1. The standard InChI is InChI=1S/C23H28N2O/c1-18(6-5-9-23(17-26)20-7-3-2-4-8-20)25-15-19-10-11-22-16-24-13-12-21(22)14-19/h2-4,7-8,10-14,16,18,23,25-26H,5-6,9,15,17H2,1H3/t18-,23?/m1/s1. The highest BCUT2D eigenvalue weighted by molar-refractivity contribution is 5.81. The lowest BCUT2D eigenvalue weighted by Crippen LogP contribution is -2.25. The number of nitrogens with one attached hydrogen (secondary N) is 1. The second-order valence-corrected chi connectivity index (χ2v) is 7.06. The summed E-state index contributed by atoms with van der Waals surface area (Å²) in [7, 11) is 0. The van der Waals surface area contributed by atoms with E-state index in [1.807, 2.05) is 30.6 Å². The van der Waals surface area contributed by atoms with Crippen LogP contribution in [-0.4, -0.2) is 22.7 Å². The van der Waals surface area contributed by atoms with Crippen LogP contribution in [0.5, 0.6) is 0 Å². The summed E-state index contributed by atoms with van der Waals surface area (Å²) in [6.07, 6.45) is 6.99. The van der Waals surface area contributed by atoms with E-state index in [1.165, 1.54) is 21.9 Å². The second-order valence-electron chi connectivity index (χ2n) is 7.06. The molecule has 0 aliphatic rings. The molecule has 136 valence electrons. The van der Waals surface area contributed by atoms with Crippen LogP contribution in [0.3, 0.4) is 0 Å². The second kappa shape index (κ2) is 9.46. The molecule has 2 aromatic carbocycles. The molecule has 3 aromatic rings. The van der Waals surface area contributed by atoms with E-state index >= 15 is 0 Å². The van der Waals surface area contributed by atoms with Crippen LogP contribution in [0.2, 0.25) is 0 Å². The lowest BCUT2D eigenvalue weighted by Gasteiger charge is -2.17. The van der Waals surface area contributed by atoms with Gasteiger partial charge in [0, 0.05) is 42.9 Å². The van der Waals surface area contributed by atoms with E-state index in [0.29, 0.717) is 6.04 Å². The fourth-order valence-corrected chi connectivity index (χ4v) is 3.40. The first kappa shape index (κ1) is 18.6. The van der Waals surface area contributed by atoms with Crippen LogP contribution in [-0.2, 0) is 6.54 Å². The van der Waals surface area contributed by atoms with Gasteiger partial charge in [0.25, 0.3) is 0 Å². The Kier molecular flexibility index (Phi) is 6.75. The Balaban J connectivity index is 1.44. The number of aliphatic hydroxyl groups is 1. The Morgan fingerprint density at radius 2 is 1.85 bits per heavy atom. The molecule has 0 bridgehead atoms. The van der Waals surface area contributed by atoms with Crippen LogP contribution in [0.25, 0.3) is 10.8 Å². The highest BCUT2D eigenvalue weighted by atomic mass is 16.3. The Morgan fingerprint density at radius 3 is 2.65 bits per heavy atom. The minimum absolute atomic E-state index is 0.220. The van der Waals surface area contributed by atoms with Gasteiger partial charge in [-0.25, -0.2) is 0 Å². The number of hydrogen-bond donors (Lipinski definition) is 2. The first-order chi connectivity index (χ1) is 12.8. The van der Waals surface area contributed by atoms with E-state index in [9.17, 15) is 5.11 Å². The zero-order chi connectivity index (χ0) is 18.2. The molecule has 1 unspecified atom stereocenters. The molecule has 0 aliphatic carbocycles. The lowest BCUT2D eigenvalue weighted by molar-refractivity contribution is 0.255. The predicted octanol–water partition coefficient (Wildman–Crippen LogP) is 4.66. The highest BCUT2D eigenvalue weighted by Gasteiger charge is 2.11. The molecule has 0 spiro atoms. The van der Waals surface area contributed by atoms with Gasteiger partial charge in [-0.3, -0.25) is 4.98 Å². The van der Waals surface area contributed by atoms with Gasteiger partial charge < -0.3 is 10.4 Å². The van der Waals surface area contributed by atoms with E-state index < -0.39 is 0 Å². The summed E-state index contributed by atoms with van der Waals surface area (Å²) in [6, 6.07) is 19.4. The third-order valence-electron chi connectivity index (χ3n) is 5.04. The number of nitrogens with zero attached hydrogens (tertiary/aromatic N) is 1. The molecule has 3 nitrogen and oxygen atoms in total. The van der Waals surface area contributed by atoms with Crippen molar-refractivity contribution >= 4 is 10.8 Å². The topological polar surface area (TPSA) is 45.1 Å². The van der Waals surface area contributed by atoms with Gasteiger partial charge in [0.1, 0.15) is 0 Å². The van der Waals surface area contributed by atoms with Crippen LogP contribution in [0.15, 0.2) is 67.0 Å². The Bertz CT molecular complexity index is 803. The van der Waals surface area contributed by atoms with Crippen molar-refractivity contribution in [2.75, 3.05) is 6.61 Å². The van der Waals surface area contributed by atoms with Gasteiger partial charge in [-0.1, -0.05) is 48.9 Å². The Hall–Kier alpha value is -2.23. The number of benzene rings is 2. The zero-order valence-electron chi connectivity index (χ0n) is 15.4. The van der Waals surface area contributed by atoms with Crippen molar-refractivity contribution in [1.29, 1.82) is 0 Å². The molecule has 1 heterocycles. The van der Waals surface area contributed by atoms with E-state index in [1.54, 1.807) is 0 Å². The molecule has 0 aliphatic heterocycles. The summed E-state index contributed by atoms with van der Waals surface area (Å²) in [4.78, 5) is 4.16. The maximum Gasteiger partial charge on any atom is 0.0499 e. The molecule has 0 radical (unpaired) electrons. The average Bonchev–Trinajstić information content (AvgIpc) is 2.70. The molecule has 2 N–H and O–H groups in total. The fourth-order valence-electron chi connectivity index (χ4n) is 3.40. The number of hydrogen-bond acceptors (Lipinski definition) is 3. The van der Waals surface area contributed by atoms with E-state index in [0.717, 1.165) is 25.8 Å². The third-order valence-corrected chi connectivity index (χ3v) is 5.04. The summed E-state index contributed by atoms with van der Waals surface area (Å²) in [5, 5.41) is 15.7. The van der Waals surface area contributed by atoms with Crippen molar-refractivity contribution in [1.82, 2.24) is 10.3 Å². The van der Waals surface area contributed by atoms with Crippen LogP contribution in [0.1, 0.15) is 43.2 Å². The first-order valence-corrected chi connectivity index (χ1v) is 9.48. The van der Waals surface area contributed by atoms with Gasteiger partial charge >= 0.3 is 0 Å². The summed E-state index contributed by atoms with van der Waals surface area (Å²) in [5.41, 5.74) is 2.54. The van der Waals surface area contributed by atoms with E-state index in [-0.39, 0.29) is 12.5 Å². The zero-order valence-corrected chi connectivity index (χ0v) is 15.4. The summed E-state index contributed by atoms with van der Waals surface area (Å²) in [6.45, 7) is 3.33. The fraction of sp³-hybridized carbons (Fsp3) is 0.348. The SMILES string of the molecule is C[C@H](CCCC(CO)c1ccccc1)NCc1ccc2cnccc2c1. The molecule has 3 heteroatoms. The Labute approximate surface area is 156 Å². The molecule has 0 amide bonds. The molecule has 1 aromatic heterocycles. The van der Waals surface area contributed by atoms with Crippen LogP contribution >= 0.6 is 0 Å². The van der Waals surface area contributed by atoms with Gasteiger partial charge in [-0.05, 0) is 48.4 Å². The molecular formula is C23H28N2O. The van der Waals surface area contributed by atoms with Gasteiger partial charge in [0.2, 0.25) is 0 Å². The van der Waals surface area contributed by atoms with Gasteiger partial charge in [-0.2, -0.15) is 0 Å². The lowest BCUT2D eigenvalue weighted by atomic mass is 9.93. The molecule has 26 heavy (non-hydrogen) atoms. The van der Waals surface area contributed by atoms with Crippen molar-refractivity contribution < 1.29 is 5.11 Å². The third kappa shape index (κ3) is 5.13. The number of fused-ring (bicyclic) bond motifs is 1. The van der Waals surface area contributed by atoms with Crippen LogP contribution in [0.4, 0.5) is 0 Å². The van der Waals surface area contributed by atoms with Crippen molar-refractivity contribution in [2.45, 2.75) is 44.7 Å². The van der Waals surface area contributed by atoms with Crippen molar-refractivity contribution in [3.05, 3.63) is 78.1 Å². The number of rotatable bonds is 9. The normalized spacial score (nSPS) is 13.6. The quantitative estimate of drug-likeness (QED) is 0.591. The molecule has 2 atom stereocenters. The van der Waals surface area contributed by atoms with E-state index in [4.69, 9.17) is 0 Å². The van der Waals surface area contributed by atoms with Crippen LogP contribution < -0.4 is 5.32 Å². The molecule has 0 fully saturated rings. The van der Waals surface area contributed by atoms with Crippen molar-refractivity contribution in [3.8, 4) is 0 Å². The van der Waals surface area contributed by atoms with Crippen molar-refractivity contribution in [3.63, 3.8) is 0 Å². The van der Waals surface area contributed by atoms with Crippen LogP contribution in [0, 0.1) is 0 Å². The number of pyridine rings is 1. The molecular weight excluding hydrogens is 320 g/mol. The summed E-state index contributed by atoms with van der Waals surface area (Å²) in [5.74, 6) is 0.248. The molecule has 3 rings (SSSR count). The maximum atomic E-state index is 9.66. The van der Waals surface area contributed by atoms with Crippen molar-refractivity contribution in [2.24, 2.45) is 0 Å². The van der Waals surface area contributed by atoms with Gasteiger partial charge in [0.15, 0.2) is 0 Å². The minimum Gasteiger partial charge on any atom is -0.396 e. The first-order valence-electron chi connectivity index (χ1n) is 9.48. The van der Waals surface area contributed by atoms with Gasteiger partial charge in [-0.15, -0.1) is 0 Å². The average molecular weight is 348 g/mol. The maximum absolute atomic E-state index is 9.66. The molecule has 0 saturated heterocycles. The summed E-state index contributed by atoms with van der Waals surface area (Å²) >= 11 is 0. The number of aromatic nitrogens is 1. The largest absolute Gasteiger partial charge is 0.396 e. The molecule has 0 saturated carbocycles. The minimum atomic E-state index is 0.220. The smallest absolute Gasteiger partial charge is 0.0499 e. The summed E-state index contributed by atoms with van der Waals surface area (Å²) < 4.78 is 0. The van der Waals surface area contributed by atoms with E-state index in [2.05, 4.69) is 53.6 Å². The highest BCUT2D eigenvalue weighted by Crippen LogP contribution is 2.22. The Morgan fingerprint density at radius 1 is 1.00 bits per heavy atom.